The van der Waals surface area contributed by atoms with Gasteiger partial charge in [-0.15, -0.1) is 0 Å². The van der Waals surface area contributed by atoms with Gasteiger partial charge in [-0.05, 0) is 111 Å². The third-order valence-electron chi connectivity index (χ3n) is 10.2. The van der Waals surface area contributed by atoms with Crippen LogP contribution in [0.1, 0.15) is 184 Å². The lowest BCUT2D eigenvalue weighted by atomic mass is 9.68. The Balaban J connectivity index is 1.94. The molecule has 0 aromatic heterocycles. The SMILES string of the molecule is Cc1cc(C(C)(C)C)cc(C(C)(C)C)c1C(CCCCCCCCc1ccccc1OP(O)O)c1c(C)cc(C(C)(C)C)cc1C(C)(C)C. The van der Waals surface area contributed by atoms with Gasteiger partial charge in [0.05, 0.1) is 0 Å². The highest BCUT2D eigenvalue weighted by Gasteiger charge is 2.33. The summed E-state index contributed by atoms with van der Waals surface area (Å²) in [6.45, 7) is 33.1. The van der Waals surface area contributed by atoms with Gasteiger partial charge in [-0.25, -0.2) is 0 Å². The maximum atomic E-state index is 9.33. The molecule has 4 heteroatoms. The van der Waals surface area contributed by atoms with Crippen molar-refractivity contribution >= 4 is 8.60 Å². The van der Waals surface area contributed by atoms with Crippen molar-refractivity contribution in [3.63, 3.8) is 0 Å². The highest BCUT2D eigenvalue weighted by molar-refractivity contribution is 7.39. The molecule has 0 aliphatic heterocycles. The van der Waals surface area contributed by atoms with Gasteiger partial charge >= 0.3 is 8.60 Å². The molecule has 0 aliphatic rings. The van der Waals surface area contributed by atoms with Crippen molar-refractivity contribution in [1.29, 1.82) is 0 Å². The van der Waals surface area contributed by atoms with Crippen LogP contribution in [0.4, 0.5) is 0 Å². The number of para-hydroxylation sites is 1. The molecule has 0 saturated heterocycles. The molecule has 2 N–H and O–H groups in total. The van der Waals surface area contributed by atoms with Crippen molar-refractivity contribution in [2.24, 2.45) is 0 Å². The van der Waals surface area contributed by atoms with E-state index in [0.717, 1.165) is 31.2 Å². The quantitative estimate of drug-likeness (QED) is 0.139. The lowest BCUT2D eigenvalue weighted by Crippen LogP contribution is -2.25. The maximum absolute atomic E-state index is 9.33. The Labute approximate surface area is 302 Å². The molecule has 0 amide bonds. The van der Waals surface area contributed by atoms with E-state index in [0.29, 0.717) is 11.7 Å². The molecule has 3 aromatic carbocycles. The average Bonchev–Trinajstić information content (AvgIpc) is 2.95. The van der Waals surface area contributed by atoms with E-state index >= 15 is 0 Å². The van der Waals surface area contributed by atoms with E-state index < -0.39 is 8.60 Å². The molecule has 0 unspecified atom stereocenters. The standard InChI is InChI=1S/C45H69O3P/c1-31-27-34(42(3,4)5)29-37(44(9,10)11)40(31)36(41-32(2)28-35(43(6,7)8)30-38(41)45(12,13)14)25-20-18-16-15-17-19-23-33-24-21-22-26-39(33)48-49(46)47/h21-22,24,26-30,36,46-47H,15-20,23,25H2,1-14H3. The lowest BCUT2D eigenvalue weighted by Gasteiger charge is -2.36. The van der Waals surface area contributed by atoms with Crippen LogP contribution in [0.5, 0.6) is 5.75 Å². The van der Waals surface area contributed by atoms with Gasteiger partial charge < -0.3 is 14.3 Å². The minimum Gasteiger partial charge on any atom is -0.427 e. The van der Waals surface area contributed by atoms with Gasteiger partial charge in [0.25, 0.3) is 0 Å². The number of rotatable bonds is 13. The predicted molar refractivity (Wildman–Crippen MR) is 213 cm³/mol. The van der Waals surface area contributed by atoms with Gasteiger partial charge in [0.2, 0.25) is 0 Å². The van der Waals surface area contributed by atoms with Crippen LogP contribution in [0.25, 0.3) is 0 Å². The molecule has 272 valence electrons. The average molecular weight is 689 g/mol. The monoisotopic (exact) mass is 688 g/mol. The first kappa shape index (κ1) is 41.2. The third-order valence-corrected chi connectivity index (χ3v) is 10.5. The van der Waals surface area contributed by atoms with Crippen molar-refractivity contribution in [1.82, 2.24) is 0 Å². The number of aryl methyl sites for hydroxylation is 3. The van der Waals surface area contributed by atoms with E-state index in [1.165, 1.54) is 59.1 Å². The molecular formula is C45H69O3P. The van der Waals surface area contributed by atoms with Crippen molar-refractivity contribution in [2.75, 3.05) is 0 Å². The van der Waals surface area contributed by atoms with Gasteiger partial charge in [-0.1, -0.05) is 158 Å². The van der Waals surface area contributed by atoms with Crippen molar-refractivity contribution in [2.45, 2.75) is 176 Å². The first-order valence-corrected chi connectivity index (χ1v) is 19.9. The first-order valence-electron chi connectivity index (χ1n) is 18.8. The Morgan fingerprint density at radius 1 is 0.571 bits per heavy atom. The molecule has 0 fully saturated rings. The molecule has 0 radical (unpaired) electrons. The Hall–Kier alpha value is -2.19. The summed E-state index contributed by atoms with van der Waals surface area (Å²) in [7, 11) is -2.40. The molecule has 3 aromatic rings. The summed E-state index contributed by atoms with van der Waals surface area (Å²) in [6.07, 6.45) is 9.13. The van der Waals surface area contributed by atoms with Crippen LogP contribution in [0, 0.1) is 13.8 Å². The minimum atomic E-state index is -2.40. The Bertz CT molecular complexity index is 1440. The number of unbranched alkanes of at least 4 members (excludes halogenated alkanes) is 5. The molecule has 0 atom stereocenters. The molecule has 0 saturated carbocycles. The Morgan fingerprint density at radius 3 is 1.43 bits per heavy atom. The van der Waals surface area contributed by atoms with Crippen LogP contribution in [0.15, 0.2) is 48.5 Å². The van der Waals surface area contributed by atoms with Gasteiger partial charge in [-0.2, -0.15) is 0 Å². The summed E-state index contributed by atoms with van der Waals surface area (Å²) < 4.78 is 5.25. The normalized spacial score (nSPS) is 13.1. The smallest absolute Gasteiger partial charge is 0.391 e. The van der Waals surface area contributed by atoms with Crippen LogP contribution in [0.2, 0.25) is 0 Å². The Morgan fingerprint density at radius 2 is 1.00 bits per heavy atom. The number of hydrogen-bond donors (Lipinski definition) is 2. The summed E-state index contributed by atoms with van der Waals surface area (Å²) in [4.78, 5) is 18.7. The summed E-state index contributed by atoms with van der Waals surface area (Å²) in [5.74, 6) is 0.928. The molecule has 0 bridgehead atoms. The zero-order valence-electron chi connectivity index (χ0n) is 33.6. The van der Waals surface area contributed by atoms with E-state index in [1.807, 2.05) is 24.3 Å². The molecule has 3 nitrogen and oxygen atoms in total. The lowest BCUT2D eigenvalue weighted by molar-refractivity contribution is 0.373. The Kier molecular flexibility index (Phi) is 13.8. The first-order chi connectivity index (χ1) is 22.5. The van der Waals surface area contributed by atoms with Gasteiger partial charge in [0.15, 0.2) is 0 Å². The van der Waals surface area contributed by atoms with Crippen LogP contribution in [-0.4, -0.2) is 9.79 Å². The number of hydrogen-bond acceptors (Lipinski definition) is 3. The van der Waals surface area contributed by atoms with E-state index in [2.05, 4.69) is 121 Å². The zero-order chi connectivity index (χ0) is 36.9. The third kappa shape index (κ3) is 11.4. The van der Waals surface area contributed by atoms with E-state index in [4.69, 9.17) is 4.52 Å². The largest absolute Gasteiger partial charge is 0.427 e. The van der Waals surface area contributed by atoms with Crippen LogP contribution in [0.3, 0.4) is 0 Å². The fourth-order valence-electron chi connectivity index (χ4n) is 7.32. The molecule has 3 rings (SSSR count). The van der Waals surface area contributed by atoms with Crippen LogP contribution >= 0.6 is 8.60 Å². The predicted octanol–water partition coefficient (Wildman–Crippen LogP) is 13.2. The van der Waals surface area contributed by atoms with Gasteiger partial charge in [0.1, 0.15) is 5.75 Å². The van der Waals surface area contributed by atoms with E-state index in [1.54, 1.807) is 11.1 Å². The fraction of sp³-hybridized carbons (Fsp3) is 0.600. The maximum Gasteiger partial charge on any atom is 0.391 e. The molecule has 0 heterocycles. The van der Waals surface area contributed by atoms with Crippen molar-refractivity contribution < 1.29 is 14.3 Å². The zero-order valence-corrected chi connectivity index (χ0v) is 34.5. The second-order valence-corrected chi connectivity index (χ2v) is 19.4. The van der Waals surface area contributed by atoms with Gasteiger partial charge in [0, 0.05) is 5.92 Å². The molecule has 0 aliphatic carbocycles. The second-order valence-electron chi connectivity index (χ2n) is 18.7. The highest BCUT2D eigenvalue weighted by Crippen LogP contribution is 2.46. The van der Waals surface area contributed by atoms with E-state index in [-0.39, 0.29) is 21.7 Å². The van der Waals surface area contributed by atoms with Crippen LogP contribution < -0.4 is 4.52 Å². The summed E-state index contributed by atoms with van der Waals surface area (Å²) in [5.41, 5.74) is 13.1. The van der Waals surface area contributed by atoms with Gasteiger partial charge in [-0.3, -0.25) is 0 Å². The van der Waals surface area contributed by atoms with E-state index in [9.17, 15) is 9.79 Å². The fourth-order valence-corrected chi connectivity index (χ4v) is 7.67. The van der Waals surface area contributed by atoms with Crippen molar-refractivity contribution in [3.8, 4) is 5.75 Å². The van der Waals surface area contributed by atoms with Crippen molar-refractivity contribution in [3.05, 3.63) is 98.6 Å². The molecular weight excluding hydrogens is 619 g/mol. The summed E-state index contributed by atoms with van der Waals surface area (Å²) >= 11 is 0. The summed E-state index contributed by atoms with van der Waals surface area (Å²) in [5, 5.41) is 0. The number of benzene rings is 3. The topological polar surface area (TPSA) is 49.7 Å². The minimum absolute atomic E-state index is 0.0285. The second kappa shape index (κ2) is 16.4. The molecule has 49 heavy (non-hydrogen) atoms. The van der Waals surface area contributed by atoms with Crippen LogP contribution in [-0.2, 0) is 28.1 Å². The summed E-state index contributed by atoms with van der Waals surface area (Å²) in [6, 6.07) is 17.8. The highest BCUT2D eigenvalue weighted by atomic mass is 31.2. The molecule has 0 spiro atoms.